The van der Waals surface area contributed by atoms with E-state index in [1.807, 2.05) is 48.5 Å². The third kappa shape index (κ3) is 4.31. The Bertz CT molecular complexity index is 1330. The summed E-state index contributed by atoms with van der Waals surface area (Å²) in [5, 5.41) is 14.0. The molecule has 168 valence electrons. The van der Waals surface area contributed by atoms with Crippen molar-refractivity contribution in [1.82, 2.24) is 20.1 Å². The van der Waals surface area contributed by atoms with Crippen molar-refractivity contribution in [3.8, 4) is 0 Å². The molecule has 0 radical (unpaired) electrons. The summed E-state index contributed by atoms with van der Waals surface area (Å²) in [7, 11) is 2.12. The number of amides is 1. The minimum Gasteiger partial charge on any atom is -0.369 e. The smallest absolute Gasteiger partial charge is 0.263 e. The second-order valence-electron chi connectivity index (χ2n) is 8.13. The summed E-state index contributed by atoms with van der Waals surface area (Å²) in [5.41, 5.74) is 2.49. The van der Waals surface area contributed by atoms with E-state index in [0.717, 1.165) is 42.8 Å². The first kappa shape index (κ1) is 20.8. The van der Waals surface area contributed by atoms with Gasteiger partial charge in [0.15, 0.2) is 5.82 Å². The number of carbonyl (C=O) groups is 1. The van der Waals surface area contributed by atoms with Crippen molar-refractivity contribution in [2.75, 3.05) is 48.8 Å². The van der Waals surface area contributed by atoms with Gasteiger partial charge in [0.1, 0.15) is 5.56 Å². The lowest BCUT2D eigenvalue weighted by atomic mass is 10.2. The van der Waals surface area contributed by atoms with Crippen molar-refractivity contribution in [2.24, 2.45) is 0 Å². The average Bonchev–Trinajstić information content (AvgIpc) is 3.23. The second-order valence-corrected chi connectivity index (χ2v) is 8.13. The highest BCUT2D eigenvalue weighted by Crippen LogP contribution is 2.25. The number of piperazine rings is 1. The van der Waals surface area contributed by atoms with Crippen LogP contribution >= 0.6 is 0 Å². The molecule has 0 aliphatic carbocycles. The van der Waals surface area contributed by atoms with Crippen LogP contribution in [0.3, 0.4) is 0 Å². The van der Waals surface area contributed by atoms with Crippen LogP contribution in [-0.2, 0) is 0 Å². The number of benzene rings is 2. The number of aromatic amines is 2. The zero-order chi connectivity index (χ0) is 22.8. The normalized spacial score (nSPS) is 14.4. The van der Waals surface area contributed by atoms with Gasteiger partial charge < -0.3 is 25.4 Å². The van der Waals surface area contributed by atoms with E-state index in [4.69, 9.17) is 0 Å². The molecule has 0 unspecified atom stereocenters. The number of fused-ring (bicyclic) bond motifs is 1. The summed E-state index contributed by atoms with van der Waals surface area (Å²) in [6, 6.07) is 17.0. The molecule has 0 atom stereocenters. The molecule has 0 bridgehead atoms. The van der Waals surface area contributed by atoms with Gasteiger partial charge in [0.25, 0.3) is 11.5 Å². The Labute approximate surface area is 190 Å². The van der Waals surface area contributed by atoms with E-state index in [1.54, 1.807) is 6.07 Å². The molecule has 1 amide bonds. The number of H-pyrrole nitrogens is 2. The molecule has 5 rings (SSSR count). The van der Waals surface area contributed by atoms with Crippen molar-refractivity contribution < 1.29 is 4.79 Å². The quantitative estimate of drug-likeness (QED) is 0.378. The first-order valence-corrected chi connectivity index (χ1v) is 10.9. The second kappa shape index (κ2) is 8.79. The lowest BCUT2D eigenvalue weighted by molar-refractivity contribution is 0.102. The number of likely N-dealkylation sites (N-methyl/N-ethyl adjacent to an activating group) is 1. The highest BCUT2D eigenvalue weighted by Gasteiger charge is 2.19. The van der Waals surface area contributed by atoms with Crippen LogP contribution in [0.4, 0.5) is 22.9 Å². The van der Waals surface area contributed by atoms with Crippen molar-refractivity contribution in [3.05, 3.63) is 76.7 Å². The number of para-hydroxylation sites is 1. The fraction of sp³-hybridized carbons (Fsp3) is 0.208. The van der Waals surface area contributed by atoms with E-state index in [2.05, 4.69) is 42.7 Å². The average molecular weight is 444 g/mol. The van der Waals surface area contributed by atoms with Crippen molar-refractivity contribution in [3.63, 3.8) is 0 Å². The molecular weight excluding hydrogens is 418 g/mol. The Hall–Kier alpha value is -4.11. The highest BCUT2D eigenvalue weighted by molar-refractivity contribution is 6.08. The molecule has 1 aliphatic heterocycles. The third-order valence-corrected chi connectivity index (χ3v) is 5.90. The standard InChI is InChI=1S/C24H25N7O2/c1-30-12-14-31(15-13-30)17-8-6-16(7-9-17)26-24(33)21-20(10-11-25-23(21)32)27-22-18-4-2-3-5-19(18)28-29-22/h2-11H,12-15H2,1H3,(H,26,33)(H3,25,27,28,29,32). The molecule has 9 nitrogen and oxygen atoms in total. The van der Waals surface area contributed by atoms with E-state index in [9.17, 15) is 9.59 Å². The number of rotatable bonds is 5. The molecule has 1 aliphatic rings. The largest absolute Gasteiger partial charge is 0.369 e. The summed E-state index contributed by atoms with van der Waals surface area (Å²) in [6.07, 6.45) is 1.50. The zero-order valence-corrected chi connectivity index (χ0v) is 18.3. The maximum atomic E-state index is 13.1. The fourth-order valence-electron chi connectivity index (χ4n) is 4.01. The van der Waals surface area contributed by atoms with Crippen molar-refractivity contribution in [1.29, 1.82) is 0 Å². The van der Waals surface area contributed by atoms with Crippen molar-refractivity contribution in [2.45, 2.75) is 0 Å². The van der Waals surface area contributed by atoms with Crippen LogP contribution < -0.4 is 21.1 Å². The molecule has 3 heterocycles. The number of aromatic nitrogens is 3. The fourth-order valence-corrected chi connectivity index (χ4v) is 4.01. The molecule has 0 spiro atoms. The molecule has 33 heavy (non-hydrogen) atoms. The van der Waals surface area contributed by atoms with Crippen LogP contribution in [0.15, 0.2) is 65.6 Å². The molecule has 1 saturated heterocycles. The lowest BCUT2D eigenvalue weighted by Crippen LogP contribution is -2.44. The first-order chi connectivity index (χ1) is 16.1. The summed E-state index contributed by atoms with van der Waals surface area (Å²) in [4.78, 5) is 32.8. The van der Waals surface area contributed by atoms with Gasteiger partial charge in [-0.1, -0.05) is 12.1 Å². The Kier molecular flexibility index (Phi) is 5.54. The summed E-state index contributed by atoms with van der Waals surface area (Å²) in [6.45, 7) is 3.99. The van der Waals surface area contributed by atoms with Crippen LogP contribution in [-0.4, -0.2) is 59.2 Å². The van der Waals surface area contributed by atoms with Gasteiger partial charge in [-0.05, 0) is 49.5 Å². The minimum atomic E-state index is -0.494. The van der Waals surface area contributed by atoms with Crippen LogP contribution in [0.5, 0.6) is 0 Å². The van der Waals surface area contributed by atoms with E-state index in [1.165, 1.54) is 6.20 Å². The molecular formula is C24H25N7O2. The van der Waals surface area contributed by atoms with E-state index in [0.29, 0.717) is 17.2 Å². The number of nitrogens with zero attached hydrogens (tertiary/aromatic N) is 3. The number of carbonyl (C=O) groups excluding carboxylic acids is 1. The molecule has 0 saturated carbocycles. The predicted octanol–water partition coefficient (Wildman–Crippen LogP) is 3.00. The van der Waals surface area contributed by atoms with Gasteiger partial charge in [-0.15, -0.1) is 0 Å². The molecule has 2 aromatic heterocycles. The molecule has 4 N–H and O–H groups in total. The van der Waals surface area contributed by atoms with Gasteiger partial charge in [-0.25, -0.2) is 0 Å². The monoisotopic (exact) mass is 443 g/mol. The lowest BCUT2D eigenvalue weighted by Gasteiger charge is -2.34. The Morgan fingerprint density at radius 1 is 1.00 bits per heavy atom. The Morgan fingerprint density at radius 2 is 1.76 bits per heavy atom. The molecule has 2 aromatic carbocycles. The maximum absolute atomic E-state index is 13.1. The van der Waals surface area contributed by atoms with Gasteiger partial charge >= 0.3 is 0 Å². The van der Waals surface area contributed by atoms with Gasteiger partial charge in [0.05, 0.1) is 11.2 Å². The predicted molar refractivity (Wildman–Crippen MR) is 131 cm³/mol. The van der Waals surface area contributed by atoms with Gasteiger partial charge in [0, 0.05) is 49.1 Å². The van der Waals surface area contributed by atoms with Crippen LogP contribution in [0.2, 0.25) is 0 Å². The topological polar surface area (TPSA) is 109 Å². The SMILES string of the molecule is CN1CCN(c2ccc(NC(=O)c3c(Nc4n[nH]c5ccccc45)cc[nH]c3=O)cc2)CC1. The Balaban J connectivity index is 1.35. The third-order valence-electron chi connectivity index (χ3n) is 5.90. The highest BCUT2D eigenvalue weighted by atomic mass is 16.2. The number of hydrogen-bond acceptors (Lipinski definition) is 6. The number of anilines is 4. The maximum Gasteiger partial charge on any atom is 0.263 e. The van der Waals surface area contributed by atoms with Crippen LogP contribution in [0.25, 0.3) is 10.9 Å². The molecule has 9 heteroatoms. The van der Waals surface area contributed by atoms with Gasteiger partial charge in [-0.3, -0.25) is 14.7 Å². The van der Waals surface area contributed by atoms with Crippen molar-refractivity contribution >= 4 is 39.7 Å². The van der Waals surface area contributed by atoms with E-state index in [-0.39, 0.29) is 5.56 Å². The number of pyridine rings is 1. The minimum absolute atomic E-state index is 0.00674. The number of nitrogens with one attached hydrogen (secondary N) is 4. The Morgan fingerprint density at radius 3 is 2.55 bits per heavy atom. The van der Waals surface area contributed by atoms with Gasteiger partial charge in [-0.2, -0.15) is 5.10 Å². The van der Waals surface area contributed by atoms with E-state index < -0.39 is 11.5 Å². The zero-order valence-electron chi connectivity index (χ0n) is 18.3. The van der Waals surface area contributed by atoms with E-state index >= 15 is 0 Å². The summed E-state index contributed by atoms with van der Waals surface area (Å²) < 4.78 is 0. The number of hydrogen-bond donors (Lipinski definition) is 4. The molecule has 4 aromatic rings. The first-order valence-electron chi connectivity index (χ1n) is 10.9. The summed E-state index contributed by atoms with van der Waals surface area (Å²) in [5.74, 6) is 0.0494. The van der Waals surface area contributed by atoms with Gasteiger partial charge in [0.2, 0.25) is 0 Å². The summed E-state index contributed by atoms with van der Waals surface area (Å²) >= 11 is 0. The van der Waals surface area contributed by atoms with Crippen LogP contribution in [0.1, 0.15) is 10.4 Å². The molecule has 1 fully saturated rings. The van der Waals surface area contributed by atoms with Crippen LogP contribution in [0, 0.1) is 0 Å².